The average molecular weight is 380 g/mol. The first kappa shape index (κ1) is 18.9. The quantitative estimate of drug-likeness (QED) is 0.434. The van der Waals surface area contributed by atoms with Gasteiger partial charge in [0.15, 0.2) is 0 Å². The van der Waals surface area contributed by atoms with Crippen LogP contribution in [0.25, 0.3) is 22.2 Å². The summed E-state index contributed by atoms with van der Waals surface area (Å²) in [5.74, 6) is 0.203. The van der Waals surface area contributed by atoms with Gasteiger partial charge in [-0.3, -0.25) is 4.79 Å². The van der Waals surface area contributed by atoms with Crippen LogP contribution in [-0.2, 0) is 0 Å². The number of benzene rings is 3. The molecular weight excluding hydrogens is 356 g/mol. The van der Waals surface area contributed by atoms with E-state index in [-0.39, 0.29) is 5.91 Å². The normalized spacial score (nSPS) is 11.0. The molecule has 0 bridgehead atoms. The number of fused-ring (bicyclic) bond motifs is 1. The molecule has 0 aliphatic rings. The molecular formula is C26H24N2O. The van der Waals surface area contributed by atoms with Crippen LogP contribution < -0.4 is 5.32 Å². The standard InChI is InChI=1S/C26H24N2O/c1-17(2)20-8-4-6-10-23(20)28-26(29)22-16-25(19-14-12-18(3)13-15-19)27-24-11-7-5-9-21(22)24/h4-17H,1-3H3,(H,28,29). The Kier molecular flexibility index (Phi) is 5.13. The number of amides is 1. The van der Waals surface area contributed by atoms with Gasteiger partial charge in [0.1, 0.15) is 0 Å². The molecule has 0 radical (unpaired) electrons. The van der Waals surface area contributed by atoms with Crippen LogP contribution in [0.2, 0.25) is 0 Å². The molecule has 144 valence electrons. The molecule has 4 aromatic rings. The number of carbonyl (C=O) groups excluding carboxylic acids is 1. The van der Waals surface area contributed by atoms with E-state index in [1.807, 2.05) is 60.7 Å². The Labute approximate surface area is 171 Å². The van der Waals surface area contributed by atoms with Gasteiger partial charge >= 0.3 is 0 Å². The second-order valence-corrected chi connectivity index (χ2v) is 7.63. The Hall–Kier alpha value is -3.46. The minimum Gasteiger partial charge on any atom is -0.322 e. The number of para-hydroxylation sites is 2. The number of anilines is 1. The molecule has 3 nitrogen and oxygen atoms in total. The molecule has 1 N–H and O–H groups in total. The summed E-state index contributed by atoms with van der Waals surface area (Å²) in [5, 5.41) is 3.97. The van der Waals surface area contributed by atoms with Crippen molar-refractivity contribution in [3.05, 3.63) is 95.6 Å². The number of hydrogen-bond acceptors (Lipinski definition) is 2. The molecule has 0 aliphatic carbocycles. The van der Waals surface area contributed by atoms with Crippen molar-refractivity contribution in [1.82, 2.24) is 4.98 Å². The van der Waals surface area contributed by atoms with E-state index >= 15 is 0 Å². The number of nitrogens with one attached hydrogen (secondary N) is 1. The van der Waals surface area contributed by atoms with Gasteiger partial charge in [-0.15, -0.1) is 0 Å². The summed E-state index contributed by atoms with van der Waals surface area (Å²) in [7, 11) is 0. The number of aryl methyl sites for hydroxylation is 1. The zero-order valence-electron chi connectivity index (χ0n) is 16.9. The fourth-order valence-electron chi connectivity index (χ4n) is 3.54. The van der Waals surface area contributed by atoms with Crippen LogP contribution in [0.4, 0.5) is 5.69 Å². The van der Waals surface area contributed by atoms with Crippen molar-refractivity contribution in [3.63, 3.8) is 0 Å². The number of aromatic nitrogens is 1. The first-order valence-corrected chi connectivity index (χ1v) is 9.90. The average Bonchev–Trinajstić information content (AvgIpc) is 2.73. The Morgan fingerprint density at radius 1 is 0.897 bits per heavy atom. The topological polar surface area (TPSA) is 42.0 Å². The lowest BCUT2D eigenvalue weighted by Gasteiger charge is -2.15. The zero-order chi connectivity index (χ0) is 20.4. The predicted molar refractivity (Wildman–Crippen MR) is 120 cm³/mol. The first-order valence-electron chi connectivity index (χ1n) is 9.90. The lowest BCUT2D eigenvalue weighted by molar-refractivity contribution is 0.102. The third-order valence-corrected chi connectivity index (χ3v) is 5.14. The van der Waals surface area contributed by atoms with E-state index < -0.39 is 0 Å². The van der Waals surface area contributed by atoms with Crippen LogP contribution in [0, 0.1) is 6.92 Å². The molecule has 0 spiro atoms. The van der Waals surface area contributed by atoms with E-state index in [0.29, 0.717) is 11.5 Å². The maximum absolute atomic E-state index is 13.3. The second kappa shape index (κ2) is 7.88. The molecule has 0 aliphatic heterocycles. The van der Waals surface area contributed by atoms with E-state index in [2.05, 4.69) is 44.3 Å². The SMILES string of the molecule is Cc1ccc(-c2cc(C(=O)Nc3ccccc3C(C)C)c3ccccc3n2)cc1. The lowest BCUT2D eigenvalue weighted by Crippen LogP contribution is -2.14. The van der Waals surface area contributed by atoms with E-state index in [0.717, 1.165) is 33.4 Å². The van der Waals surface area contributed by atoms with Crippen LogP contribution in [0.5, 0.6) is 0 Å². The molecule has 0 saturated heterocycles. The van der Waals surface area contributed by atoms with Gasteiger partial charge in [-0.05, 0) is 36.6 Å². The van der Waals surface area contributed by atoms with Gasteiger partial charge in [0.05, 0.1) is 16.8 Å². The molecule has 0 atom stereocenters. The third kappa shape index (κ3) is 3.90. The third-order valence-electron chi connectivity index (χ3n) is 5.14. The highest BCUT2D eigenvalue weighted by atomic mass is 16.1. The van der Waals surface area contributed by atoms with Gasteiger partial charge in [-0.1, -0.05) is 80.1 Å². The molecule has 29 heavy (non-hydrogen) atoms. The van der Waals surface area contributed by atoms with Gasteiger partial charge in [-0.25, -0.2) is 4.98 Å². The van der Waals surface area contributed by atoms with Gasteiger partial charge in [-0.2, -0.15) is 0 Å². The Morgan fingerprint density at radius 2 is 1.59 bits per heavy atom. The largest absolute Gasteiger partial charge is 0.322 e. The van der Waals surface area contributed by atoms with Crippen molar-refractivity contribution in [2.45, 2.75) is 26.7 Å². The number of pyridine rings is 1. The molecule has 3 heteroatoms. The van der Waals surface area contributed by atoms with Crippen LogP contribution in [0.15, 0.2) is 78.9 Å². The smallest absolute Gasteiger partial charge is 0.256 e. The molecule has 0 saturated carbocycles. The Bertz CT molecular complexity index is 1180. The zero-order valence-corrected chi connectivity index (χ0v) is 16.9. The molecule has 1 amide bonds. The summed E-state index contributed by atoms with van der Waals surface area (Å²) >= 11 is 0. The molecule has 0 unspecified atom stereocenters. The van der Waals surface area contributed by atoms with E-state index in [4.69, 9.17) is 4.98 Å². The highest BCUT2D eigenvalue weighted by Gasteiger charge is 2.16. The van der Waals surface area contributed by atoms with Gasteiger partial charge in [0.25, 0.3) is 5.91 Å². The summed E-state index contributed by atoms with van der Waals surface area (Å²) in [6, 6.07) is 25.8. The Balaban J connectivity index is 1.80. The minimum atomic E-state index is -0.120. The van der Waals surface area contributed by atoms with E-state index in [9.17, 15) is 4.79 Å². The second-order valence-electron chi connectivity index (χ2n) is 7.63. The summed E-state index contributed by atoms with van der Waals surface area (Å²) in [5.41, 5.74) is 6.41. The summed E-state index contributed by atoms with van der Waals surface area (Å²) < 4.78 is 0. The summed E-state index contributed by atoms with van der Waals surface area (Å²) in [4.78, 5) is 18.1. The molecule has 3 aromatic carbocycles. The predicted octanol–water partition coefficient (Wildman–Crippen LogP) is 6.59. The van der Waals surface area contributed by atoms with Crippen molar-refractivity contribution in [2.75, 3.05) is 5.32 Å². The van der Waals surface area contributed by atoms with Gasteiger partial charge in [0, 0.05) is 16.6 Å². The Morgan fingerprint density at radius 3 is 2.34 bits per heavy atom. The number of hydrogen-bond donors (Lipinski definition) is 1. The van der Waals surface area contributed by atoms with Crippen molar-refractivity contribution in [1.29, 1.82) is 0 Å². The lowest BCUT2D eigenvalue weighted by atomic mass is 10.00. The maximum atomic E-state index is 13.3. The van der Waals surface area contributed by atoms with Gasteiger partial charge < -0.3 is 5.32 Å². The maximum Gasteiger partial charge on any atom is 0.256 e. The van der Waals surface area contributed by atoms with Crippen LogP contribution in [-0.4, -0.2) is 10.9 Å². The van der Waals surface area contributed by atoms with Crippen LogP contribution >= 0.6 is 0 Å². The fraction of sp³-hybridized carbons (Fsp3) is 0.154. The minimum absolute atomic E-state index is 0.120. The van der Waals surface area contributed by atoms with Crippen molar-refractivity contribution < 1.29 is 4.79 Å². The summed E-state index contributed by atoms with van der Waals surface area (Å²) in [6.45, 7) is 6.31. The molecule has 1 aromatic heterocycles. The molecule has 1 heterocycles. The van der Waals surface area contributed by atoms with Crippen molar-refractivity contribution >= 4 is 22.5 Å². The summed E-state index contributed by atoms with van der Waals surface area (Å²) in [6.07, 6.45) is 0. The number of nitrogens with zero attached hydrogens (tertiary/aromatic N) is 1. The molecule has 0 fully saturated rings. The highest BCUT2D eigenvalue weighted by Crippen LogP contribution is 2.28. The van der Waals surface area contributed by atoms with Crippen molar-refractivity contribution in [3.8, 4) is 11.3 Å². The highest BCUT2D eigenvalue weighted by molar-refractivity contribution is 6.13. The fourth-order valence-corrected chi connectivity index (χ4v) is 3.54. The van der Waals surface area contributed by atoms with Crippen molar-refractivity contribution in [2.24, 2.45) is 0 Å². The van der Waals surface area contributed by atoms with Gasteiger partial charge in [0.2, 0.25) is 0 Å². The monoisotopic (exact) mass is 380 g/mol. The number of carbonyl (C=O) groups is 1. The first-order chi connectivity index (χ1) is 14.0. The molecule has 4 rings (SSSR count). The van der Waals surface area contributed by atoms with Crippen LogP contribution in [0.1, 0.15) is 41.3 Å². The van der Waals surface area contributed by atoms with E-state index in [1.165, 1.54) is 5.56 Å². The van der Waals surface area contributed by atoms with Crippen LogP contribution in [0.3, 0.4) is 0 Å². The number of rotatable bonds is 4. The van der Waals surface area contributed by atoms with E-state index in [1.54, 1.807) is 0 Å².